The van der Waals surface area contributed by atoms with Gasteiger partial charge in [-0.05, 0) is 31.9 Å². The molecule has 1 aliphatic rings. The highest BCUT2D eigenvalue weighted by Crippen LogP contribution is 2.38. The number of benzene rings is 1. The van der Waals surface area contributed by atoms with Gasteiger partial charge in [0.2, 0.25) is 0 Å². The highest BCUT2D eigenvalue weighted by Gasteiger charge is 2.40. The molecule has 1 N–H and O–H groups in total. The Morgan fingerprint density at radius 1 is 1.38 bits per heavy atom. The summed E-state index contributed by atoms with van der Waals surface area (Å²) < 4.78 is 32.3. The Hall–Kier alpha value is -1.00. The maximum atomic E-state index is 13.5. The maximum absolute atomic E-state index is 13.5. The number of halogens is 2. The summed E-state index contributed by atoms with van der Waals surface area (Å²) in [6.07, 6.45) is 0.127. The van der Waals surface area contributed by atoms with E-state index in [1.807, 2.05) is 0 Å². The topological polar surface area (TPSA) is 29.5 Å². The highest BCUT2D eigenvalue weighted by atomic mass is 19.1. The summed E-state index contributed by atoms with van der Waals surface area (Å²) in [7, 11) is 0. The molecule has 2 atom stereocenters. The van der Waals surface area contributed by atoms with Crippen LogP contribution in [0.25, 0.3) is 0 Å². The molecule has 0 radical (unpaired) electrons. The standard InChI is InChI=1S/C12H14F2O2/c1-12(6-3-7-16-12)11(15)10-8(13)4-2-5-9(10)14/h2,4-5,11,15H,3,6-7H2,1H3. The van der Waals surface area contributed by atoms with Gasteiger partial charge in [-0.15, -0.1) is 0 Å². The first-order valence-corrected chi connectivity index (χ1v) is 5.30. The molecule has 4 heteroatoms. The molecule has 1 saturated heterocycles. The zero-order valence-corrected chi connectivity index (χ0v) is 9.04. The molecular formula is C12H14F2O2. The van der Waals surface area contributed by atoms with Gasteiger partial charge >= 0.3 is 0 Å². The van der Waals surface area contributed by atoms with Crippen LogP contribution in [0.1, 0.15) is 31.4 Å². The van der Waals surface area contributed by atoms with Gasteiger partial charge in [0, 0.05) is 6.61 Å². The second kappa shape index (κ2) is 4.11. The van der Waals surface area contributed by atoms with Crippen molar-refractivity contribution in [3.8, 4) is 0 Å². The Morgan fingerprint density at radius 2 is 2.00 bits per heavy atom. The Balaban J connectivity index is 2.36. The van der Waals surface area contributed by atoms with E-state index in [0.717, 1.165) is 18.6 Å². The number of aliphatic hydroxyl groups is 1. The van der Waals surface area contributed by atoms with Crippen LogP contribution in [0.2, 0.25) is 0 Å². The van der Waals surface area contributed by atoms with Gasteiger partial charge in [-0.25, -0.2) is 8.78 Å². The van der Waals surface area contributed by atoms with Crippen LogP contribution < -0.4 is 0 Å². The number of hydrogen-bond donors (Lipinski definition) is 1. The van der Waals surface area contributed by atoms with Gasteiger partial charge in [0.15, 0.2) is 0 Å². The summed E-state index contributed by atoms with van der Waals surface area (Å²) in [5.41, 5.74) is -1.19. The molecule has 0 saturated carbocycles. The lowest BCUT2D eigenvalue weighted by molar-refractivity contribution is -0.0821. The van der Waals surface area contributed by atoms with Gasteiger partial charge in [-0.3, -0.25) is 0 Å². The van der Waals surface area contributed by atoms with Crippen molar-refractivity contribution in [2.45, 2.75) is 31.5 Å². The molecule has 0 aliphatic carbocycles. The minimum Gasteiger partial charge on any atom is -0.385 e. The van der Waals surface area contributed by atoms with E-state index in [-0.39, 0.29) is 5.56 Å². The van der Waals surface area contributed by atoms with Crippen LogP contribution in [0.3, 0.4) is 0 Å². The molecule has 0 aromatic heterocycles. The van der Waals surface area contributed by atoms with Crippen LogP contribution in [0.5, 0.6) is 0 Å². The van der Waals surface area contributed by atoms with E-state index in [0.29, 0.717) is 13.0 Å². The molecular weight excluding hydrogens is 214 g/mol. The van der Waals surface area contributed by atoms with E-state index >= 15 is 0 Å². The molecule has 0 amide bonds. The number of ether oxygens (including phenoxy) is 1. The largest absolute Gasteiger partial charge is 0.385 e. The van der Waals surface area contributed by atoms with E-state index in [9.17, 15) is 13.9 Å². The second-order valence-electron chi connectivity index (χ2n) is 4.30. The maximum Gasteiger partial charge on any atom is 0.132 e. The van der Waals surface area contributed by atoms with Gasteiger partial charge < -0.3 is 9.84 Å². The fourth-order valence-corrected chi connectivity index (χ4v) is 2.09. The minimum atomic E-state index is -1.27. The minimum absolute atomic E-state index is 0.299. The summed E-state index contributed by atoms with van der Waals surface area (Å²) in [6, 6.07) is 3.55. The molecule has 1 heterocycles. The zero-order valence-electron chi connectivity index (χ0n) is 9.04. The molecule has 0 bridgehead atoms. The van der Waals surface area contributed by atoms with Crippen molar-refractivity contribution < 1.29 is 18.6 Å². The highest BCUT2D eigenvalue weighted by molar-refractivity contribution is 5.24. The molecule has 2 nitrogen and oxygen atoms in total. The zero-order chi connectivity index (χ0) is 11.8. The third-order valence-corrected chi connectivity index (χ3v) is 3.10. The van der Waals surface area contributed by atoms with Gasteiger partial charge in [0.05, 0.1) is 11.2 Å². The lowest BCUT2D eigenvalue weighted by Gasteiger charge is -2.29. The summed E-state index contributed by atoms with van der Waals surface area (Å²) in [5, 5.41) is 10.0. The molecule has 2 rings (SSSR count). The van der Waals surface area contributed by atoms with Gasteiger partial charge in [-0.2, -0.15) is 0 Å². The Labute approximate surface area is 92.9 Å². The molecule has 1 fully saturated rings. The van der Waals surface area contributed by atoms with E-state index in [1.54, 1.807) is 6.92 Å². The Morgan fingerprint density at radius 3 is 2.50 bits per heavy atom. The first-order chi connectivity index (χ1) is 7.54. The molecule has 1 aromatic carbocycles. The summed E-state index contributed by atoms with van der Waals surface area (Å²) in [5.74, 6) is -1.46. The number of hydrogen-bond acceptors (Lipinski definition) is 2. The van der Waals surface area contributed by atoms with E-state index in [2.05, 4.69) is 0 Å². The predicted molar refractivity (Wildman–Crippen MR) is 54.9 cm³/mol. The van der Waals surface area contributed by atoms with Crippen molar-refractivity contribution in [2.24, 2.45) is 0 Å². The van der Waals surface area contributed by atoms with Crippen LogP contribution in [0.4, 0.5) is 8.78 Å². The van der Waals surface area contributed by atoms with Crippen molar-refractivity contribution in [2.75, 3.05) is 6.61 Å². The molecule has 1 aromatic rings. The quantitative estimate of drug-likeness (QED) is 0.843. The number of aliphatic hydroxyl groups excluding tert-OH is 1. The van der Waals surface area contributed by atoms with Gasteiger partial charge in [0.25, 0.3) is 0 Å². The fourth-order valence-electron chi connectivity index (χ4n) is 2.09. The lowest BCUT2D eigenvalue weighted by Crippen LogP contribution is -2.33. The van der Waals surface area contributed by atoms with E-state index < -0.39 is 23.3 Å². The van der Waals surface area contributed by atoms with Crippen molar-refractivity contribution in [3.63, 3.8) is 0 Å². The molecule has 0 spiro atoms. The third-order valence-electron chi connectivity index (χ3n) is 3.10. The normalized spacial score (nSPS) is 27.0. The fraction of sp³-hybridized carbons (Fsp3) is 0.500. The van der Waals surface area contributed by atoms with Crippen molar-refractivity contribution in [1.82, 2.24) is 0 Å². The van der Waals surface area contributed by atoms with Crippen molar-refractivity contribution in [3.05, 3.63) is 35.4 Å². The van der Waals surface area contributed by atoms with Crippen LogP contribution in [-0.4, -0.2) is 17.3 Å². The van der Waals surface area contributed by atoms with E-state index in [4.69, 9.17) is 4.74 Å². The molecule has 16 heavy (non-hydrogen) atoms. The third kappa shape index (κ3) is 1.83. The SMILES string of the molecule is CC1(C(O)c2c(F)cccc2F)CCCO1. The summed E-state index contributed by atoms with van der Waals surface area (Å²) in [6.45, 7) is 2.19. The Kier molecular flexibility index (Phi) is 2.95. The van der Waals surface area contributed by atoms with E-state index in [1.165, 1.54) is 6.07 Å². The monoisotopic (exact) mass is 228 g/mol. The Bertz CT molecular complexity index is 366. The molecule has 88 valence electrons. The van der Waals surface area contributed by atoms with Crippen LogP contribution >= 0.6 is 0 Å². The molecule has 1 aliphatic heterocycles. The first kappa shape index (κ1) is 11.5. The second-order valence-corrected chi connectivity index (χ2v) is 4.30. The van der Waals surface area contributed by atoms with Crippen molar-refractivity contribution >= 4 is 0 Å². The average molecular weight is 228 g/mol. The predicted octanol–water partition coefficient (Wildman–Crippen LogP) is 2.57. The summed E-state index contributed by atoms with van der Waals surface area (Å²) in [4.78, 5) is 0. The smallest absolute Gasteiger partial charge is 0.132 e. The van der Waals surface area contributed by atoms with Gasteiger partial charge in [-0.1, -0.05) is 6.07 Å². The summed E-state index contributed by atoms with van der Waals surface area (Å²) >= 11 is 0. The van der Waals surface area contributed by atoms with Gasteiger partial charge in [0.1, 0.15) is 17.7 Å². The lowest BCUT2D eigenvalue weighted by atomic mass is 9.90. The molecule has 2 unspecified atom stereocenters. The first-order valence-electron chi connectivity index (χ1n) is 5.30. The van der Waals surface area contributed by atoms with Crippen LogP contribution in [0.15, 0.2) is 18.2 Å². The van der Waals surface area contributed by atoms with Crippen LogP contribution in [0, 0.1) is 11.6 Å². The van der Waals surface area contributed by atoms with Crippen molar-refractivity contribution in [1.29, 1.82) is 0 Å². The van der Waals surface area contributed by atoms with Crippen LogP contribution in [-0.2, 0) is 4.74 Å². The number of rotatable bonds is 2. The average Bonchev–Trinajstić information content (AvgIpc) is 2.66.